The summed E-state index contributed by atoms with van der Waals surface area (Å²) in [6.45, 7) is 1.89. The van der Waals surface area contributed by atoms with E-state index in [4.69, 9.17) is 0 Å². The van der Waals surface area contributed by atoms with E-state index in [2.05, 4.69) is 15.5 Å². The zero-order chi connectivity index (χ0) is 15.7. The lowest BCUT2D eigenvalue weighted by atomic mass is 10.1. The van der Waals surface area contributed by atoms with Crippen LogP contribution in [0.3, 0.4) is 0 Å². The van der Waals surface area contributed by atoms with E-state index in [1.807, 2.05) is 4.57 Å². The van der Waals surface area contributed by atoms with Crippen molar-refractivity contribution in [1.82, 2.24) is 20.1 Å². The van der Waals surface area contributed by atoms with Gasteiger partial charge in [-0.05, 0) is 31.9 Å². The molecule has 1 aromatic carbocycles. The molecule has 0 atom stereocenters. The number of aryl methyl sites for hydroxylation is 1. The highest BCUT2D eigenvalue weighted by molar-refractivity contribution is 5.94. The molecule has 22 heavy (non-hydrogen) atoms. The number of nitrogens with zero attached hydrogens (tertiary/aromatic N) is 4. The van der Waals surface area contributed by atoms with Crippen LogP contribution in [0.4, 0.5) is 5.69 Å². The number of hydrogen-bond acceptors (Lipinski definition) is 5. The van der Waals surface area contributed by atoms with Crippen LogP contribution in [0.1, 0.15) is 40.6 Å². The molecule has 0 bridgehead atoms. The van der Waals surface area contributed by atoms with Gasteiger partial charge in [-0.3, -0.25) is 14.9 Å². The smallest absolute Gasteiger partial charge is 0.272 e. The van der Waals surface area contributed by atoms with Crippen molar-refractivity contribution in [2.45, 2.75) is 32.4 Å². The molecule has 1 aliphatic carbocycles. The van der Waals surface area contributed by atoms with Crippen molar-refractivity contribution in [1.29, 1.82) is 0 Å². The van der Waals surface area contributed by atoms with Gasteiger partial charge in [-0.1, -0.05) is 0 Å². The number of aromatic nitrogens is 3. The average Bonchev–Trinajstić information content (AvgIpc) is 3.23. The first-order chi connectivity index (χ1) is 10.6. The maximum atomic E-state index is 12.1. The summed E-state index contributed by atoms with van der Waals surface area (Å²) in [5.41, 5.74) is 0.851. The minimum atomic E-state index is -0.463. The Morgan fingerprint density at radius 2 is 2.27 bits per heavy atom. The van der Waals surface area contributed by atoms with E-state index >= 15 is 0 Å². The Kier molecular flexibility index (Phi) is 3.58. The highest BCUT2D eigenvalue weighted by Crippen LogP contribution is 2.35. The summed E-state index contributed by atoms with van der Waals surface area (Å²) in [7, 11) is 0. The van der Waals surface area contributed by atoms with Gasteiger partial charge >= 0.3 is 0 Å². The molecule has 1 saturated carbocycles. The molecule has 0 unspecified atom stereocenters. The molecule has 1 heterocycles. The van der Waals surface area contributed by atoms with E-state index in [1.165, 1.54) is 18.2 Å². The molecule has 8 heteroatoms. The molecule has 114 valence electrons. The predicted octanol–water partition coefficient (Wildman–Crippen LogP) is 1.76. The van der Waals surface area contributed by atoms with Gasteiger partial charge in [0.15, 0.2) is 5.82 Å². The second-order valence-electron chi connectivity index (χ2n) is 5.33. The molecule has 0 radical (unpaired) electrons. The van der Waals surface area contributed by atoms with Gasteiger partial charge in [0.2, 0.25) is 0 Å². The van der Waals surface area contributed by atoms with Crippen molar-refractivity contribution in [3.8, 4) is 0 Å². The Morgan fingerprint density at radius 3 is 2.91 bits per heavy atom. The lowest BCUT2D eigenvalue weighted by Crippen LogP contribution is -2.24. The van der Waals surface area contributed by atoms with E-state index in [-0.39, 0.29) is 18.1 Å². The Morgan fingerprint density at radius 1 is 1.50 bits per heavy atom. The monoisotopic (exact) mass is 301 g/mol. The summed E-state index contributed by atoms with van der Waals surface area (Å²) in [4.78, 5) is 22.4. The minimum absolute atomic E-state index is 0.00465. The van der Waals surface area contributed by atoms with Gasteiger partial charge in [0.1, 0.15) is 6.33 Å². The van der Waals surface area contributed by atoms with Gasteiger partial charge in [0, 0.05) is 23.2 Å². The number of rotatable bonds is 5. The molecular formula is C14H15N5O3. The van der Waals surface area contributed by atoms with Crippen molar-refractivity contribution in [3.63, 3.8) is 0 Å². The normalized spacial score (nSPS) is 13.9. The Bertz CT molecular complexity index is 736. The first-order valence-electron chi connectivity index (χ1n) is 6.98. The molecule has 1 aliphatic rings. The molecule has 1 N–H and O–H groups in total. The van der Waals surface area contributed by atoms with Crippen LogP contribution in [0, 0.1) is 17.0 Å². The number of hydrogen-bond donors (Lipinski definition) is 1. The van der Waals surface area contributed by atoms with Crippen LogP contribution in [0.5, 0.6) is 0 Å². The first-order valence-corrected chi connectivity index (χ1v) is 6.98. The minimum Gasteiger partial charge on any atom is -0.345 e. The Balaban J connectivity index is 1.68. The number of carbonyl (C=O) groups excluding carboxylic acids is 1. The van der Waals surface area contributed by atoms with Gasteiger partial charge in [-0.15, -0.1) is 10.2 Å². The van der Waals surface area contributed by atoms with Crippen LogP contribution >= 0.6 is 0 Å². The summed E-state index contributed by atoms with van der Waals surface area (Å²) < 4.78 is 1.97. The van der Waals surface area contributed by atoms with Gasteiger partial charge in [0.25, 0.3) is 11.6 Å². The molecule has 0 aliphatic heterocycles. The summed E-state index contributed by atoms with van der Waals surface area (Å²) in [6.07, 6.45) is 3.90. The van der Waals surface area contributed by atoms with Crippen molar-refractivity contribution >= 4 is 11.6 Å². The summed E-state index contributed by atoms with van der Waals surface area (Å²) in [5, 5.41) is 21.4. The number of amides is 1. The van der Waals surface area contributed by atoms with Crippen LogP contribution in [0.15, 0.2) is 24.5 Å². The molecule has 0 saturated heterocycles. The maximum absolute atomic E-state index is 12.1. The van der Waals surface area contributed by atoms with Crippen molar-refractivity contribution in [2.24, 2.45) is 0 Å². The summed E-state index contributed by atoms with van der Waals surface area (Å²) >= 11 is 0. The summed E-state index contributed by atoms with van der Waals surface area (Å²) in [5.74, 6) is 0.429. The van der Waals surface area contributed by atoms with Crippen LogP contribution in [-0.2, 0) is 6.54 Å². The number of nitro groups is 1. The van der Waals surface area contributed by atoms with Crippen molar-refractivity contribution in [3.05, 3.63) is 51.6 Å². The third-order valence-electron chi connectivity index (χ3n) is 3.65. The molecule has 2 aromatic rings. The van der Waals surface area contributed by atoms with Crippen molar-refractivity contribution in [2.75, 3.05) is 0 Å². The zero-order valence-electron chi connectivity index (χ0n) is 12.0. The van der Waals surface area contributed by atoms with Gasteiger partial charge in [0.05, 0.1) is 11.5 Å². The molecule has 1 amide bonds. The first kappa shape index (κ1) is 14.2. The molecule has 1 aromatic heterocycles. The lowest BCUT2D eigenvalue weighted by molar-refractivity contribution is -0.385. The van der Waals surface area contributed by atoms with Crippen LogP contribution in [0.25, 0.3) is 0 Å². The Hall–Kier alpha value is -2.77. The summed E-state index contributed by atoms with van der Waals surface area (Å²) in [6, 6.07) is 4.76. The second kappa shape index (κ2) is 5.55. The highest BCUT2D eigenvalue weighted by atomic mass is 16.6. The van der Waals surface area contributed by atoms with E-state index in [1.54, 1.807) is 13.3 Å². The number of nitro benzene ring substituents is 1. The van der Waals surface area contributed by atoms with Crippen LogP contribution < -0.4 is 5.32 Å². The predicted molar refractivity (Wildman–Crippen MR) is 77.3 cm³/mol. The van der Waals surface area contributed by atoms with Crippen LogP contribution in [0.2, 0.25) is 0 Å². The Labute approximate surface area is 126 Å². The quantitative estimate of drug-likeness (QED) is 0.669. The third kappa shape index (κ3) is 2.80. The van der Waals surface area contributed by atoms with E-state index in [9.17, 15) is 14.9 Å². The zero-order valence-corrected chi connectivity index (χ0v) is 12.0. The fraction of sp³-hybridized carbons (Fsp3) is 0.357. The van der Waals surface area contributed by atoms with Crippen molar-refractivity contribution < 1.29 is 9.72 Å². The largest absolute Gasteiger partial charge is 0.345 e. The van der Waals surface area contributed by atoms with Gasteiger partial charge in [-0.25, -0.2) is 0 Å². The standard InChI is InChI=1S/C14H15N5O3/c1-9-6-10(2-5-12(9)19(21)22)14(20)15-7-13-17-16-8-18(13)11-3-4-11/h2,5-6,8,11H,3-4,7H2,1H3,(H,15,20). The molecule has 0 spiro atoms. The lowest BCUT2D eigenvalue weighted by Gasteiger charge is -2.07. The van der Waals surface area contributed by atoms with E-state index in [0.717, 1.165) is 18.7 Å². The van der Waals surface area contributed by atoms with Crippen LogP contribution in [-0.4, -0.2) is 25.6 Å². The fourth-order valence-electron chi connectivity index (χ4n) is 2.31. The van der Waals surface area contributed by atoms with Gasteiger partial charge in [-0.2, -0.15) is 0 Å². The molecule has 3 rings (SSSR count). The fourth-order valence-corrected chi connectivity index (χ4v) is 2.31. The maximum Gasteiger partial charge on any atom is 0.272 e. The SMILES string of the molecule is Cc1cc(C(=O)NCc2nncn2C2CC2)ccc1[N+](=O)[O-]. The number of nitrogens with one attached hydrogen (secondary N) is 1. The third-order valence-corrected chi connectivity index (χ3v) is 3.65. The second-order valence-corrected chi connectivity index (χ2v) is 5.33. The number of carbonyl (C=O) groups is 1. The van der Waals surface area contributed by atoms with Gasteiger partial charge < -0.3 is 9.88 Å². The van der Waals surface area contributed by atoms with E-state index in [0.29, 0.717) is 17.2 Å². The average molecular weight is 301 g/mol. The molecule has 8 nitrogen and oxygen atoms in total. The molecular weight excluding hydrogens is 286 g/mol. The number of benzene rings is 1. The molecule has 1 fully saturated rings. The highest BCUT2D eigenvalue weighted by Gasteiger charge is 2.26. The topological polar surface area (TPSA) is 103 Å². The van der Waals surface area contributed by atoms with E-state index < -0.39 is 4.92 Å².